The van der Waals surface area contributed by atoms with E-state index < -0.39 is 11.7 Å². The van der Waals surface area contributed by atoms with Crippen molar-refractivity contribution in [1.82, 2.24) is 39.0 Å². The number of benzene rings is 10. The van der Waals surface area contributed by atoms with Crippen LogP contribution in [0.15, 0.2) is 237 Å². The zero-order chi connectivity index (χ0) is 54.8. The van der Waals surface area contributed by atoms with Gasteiger partial charge in [0.25, 0.3) is 0 Å². The van der Waals surface area contributed by atoms with Gasteiger partial charge >= 0.3 is 6.18 Å². The van der Waals surface area contributed by atoms with Crippen molar-refractivity contribution >= 4 is 49.3 Å². The smallest absolute Gasteiger partial charge is 0.308 e. The van der Waals surface area contributed by atoms with Crippen molar-refractivity contribution in [2.75, 3.05) is 0 Å². The number of hydrogen-bond acceptors (Lipinski definition) is 6. The summed E-state index contributed by atoms with van der Waals surface area (Å²) in [4.78, 5) is 34.4. The maximum atomic E-state index is 14.7. The molecule has 0 amide bonds. The van der Waals surface area contributed by atoms with Gasteiger partial charge in [-0.1, -0.05) is 188 Å². The molecular weight excluding hydrogens is 1010 g/mol. The molecule has 384 valence electrons. The average molecular weight is 1050 g/mol. The van der Waals surface area contributed by atoms with Gasteiger partial charge in [0.2, 0.25) is 0 Å². The Morgan fingerprint density at radius 1 is 0.346 bits per heavy atom. The van der Waals surface area contributed by atoms with Gasteiger partial charge in [0.1, 0.15) is 0 Å². The van der Waals surface area contributed by atoms with Crippen LogP contribution in [0, 0.1) is 13.5 Å². The Morgan fingerprint density at radius 2 is 0.704 bits per heavy atom. The second kappa shape index (κ2) is 19.5. The van der Waals surface area contributed by atoms with E-state index in [1.165, 1.54) is 0 Å². The van der Waals surface area contributed by atoms with Crippen LogP contribution in [0.5, 0.6) is 0 Å². The van der Waals surface area contributed by atoms with E-state index in [0.29, 0.717) is 63.0 Å². The third-order valence-electron chi connectivity index (χ3n) is 14.7. The Morgan fingerprint density at radius 3 is 1.10 bits per heavy atom. The molecule has 0 spiro atoms. The molecule has 4 aromatic heterocycles. The van der Waals surface area contributed by atoms with Crippen molar-refractivity contribution in [3.8, 4) is 90.8 Å². The largest absolute Gasteiger partial charge is 0.416 e. The van der Waals surface area contributed by atoms with Gasteiger partial charge in [-0.05, 0) is 72.1 Å². The van der Waals surface area contributed by atoms with Crippen molar-refractivity contribution in [3.05, 3.63) is 259 Å². The fourth-order valence-electron chi connectivity index (χ4n) is 11.0. The highest BCUT2D eigenvalue weighted by molar-refractivity contribution is 6.13. The van der Waals surface area contributed by atoms with Crippen molar-refractivity contribution < 1.29 is 13.2 Å². The van der Waals surface area contributed by atoms with Crippen molar-refractivity contribution in [2.24, 2.45) is 0 Å². The monoisotopic (exact) mass is 1050 g/mol. The van der Waals surface area contributed by atoms with Gasteiger partial charge in [-0.15, -0.1) is 0 Å². The van der Waals surface area contributed by atoms with Gasteiger partial charge in [0.15, 0.2) is 40.6 Å². The lowest BCUT2D eigenvalue weighted by Gasteiger charge is -2.20. The lowest BCUT2D eigenvalue weighted by molar-refractivity contribution is -0.137. The molecule has 9 nitrogen and oxygen atoms in total. The quantitative estimate of drug-likeness (QED) is 0.134. The molecule has 4 heterocycles. The fourth-order valence-corrected chi connectivity index (χ4v) is 11.0. The van der Waals surface area contributed by atoms with Crippen LogP contribution >= 0.6 is 0 Å². The molecule has 14 rings (SSSR count). The van der Waals surface area contributed by atoms with Crippen molar-refractivity contribution in [1.29, 1.82) is 0 Å². The number of aromatic nitrogens is 8. The van der Waals surface area contributed by atoms with Crippen molar-refractivity contribution in [3.63, 3.8) is 0 Å². The topological polar surface area (TPSA) is 91.6 Å². The lowest BCUT2D eigenvalue weighted by Crippen LogP contribution is -2.06. The van der Waals surface area contributed by atoms with E-state index >= 15 is 0 Å². The number of rotatable bonds is 9. The molecule has 10 aromatic carbocycles. The molecule has 12 heteroatoms. The number of fused-ring (bicyclic) bond motifs is 6. The summed E-state index contributed by atoms with van der Waals surface area (Å²) in [5.41, 5.74) is 9.54. The summed E-state index contributed by atoms with van der Waals surface area (Å²) in [7, 11) is 0. The van der Waals surface area contributed by atoms with Crippen LogP contribution in [0.3, 0.4) is 0 Å². The molecule has 0 aliphatic heterocycles. The van der Waals surface area contributed by atoms with Crippen LogP contribution in [-0.4, -0.2) is 39.0 Å². The number of aryl methyl sites for hydroxylation is 1. The van der Waals surface area contributed by atoms with E-state index in [9.17, 15) is 13.2 Å². The SMILES string of the molecule is [C-]#[N+]c1cc(-n2c3ccccc3c3ccc(-c4nc(-c5ccccc5)nc(-c5ccccc5)n4)cc32)c(-n2c3ccccc3c3ccc(-c4nc(-c5ccccc5)nc(-c5ccccc5)n4)cc32)cc1-c1cc(C)cc(C(F)(F)F)c1. The summed E-state index contributed by atoms with van der Waals surface area (Å²) >= 11 is 0. The molecule has 0 atom stereocenters. The van der Waals surface area contributed by atoms with E-state index in [-0.39, 0.29) is 11.3 Å². The number of para-hydroxylation sites is 2. The molecule has 0 radical (unpaired) electrons. The molecule has 0 unspecified atom stereocenters. The van der Waals surface area contributed by atoms with Crippen molar-refractivity contribution in [2.45, 2.75) is 13.1 Å². The molecule has 0 saturated heterocycles. The first-order valence-corrected chi connectivity index (χ1v) is 26.2. The van der Waals surface area contributed by atoms with E-state index in [1.807, 2.05) is 182 Å². The first kappa shape index (κ1) is 48.5. The minimum absolute atomic E-state index is 0.167. The Hall–Kier alpha value is -10.9. The van der Waals surface area contributed by atoms with Gasteiger partial charge in [0, 0.05) is 54.9 Å². The van der Waals surface area contributed by atoms with E-state index in [1.54, 1.807) is 13.0 Å². The number of halogens is 3. The molecule has 0 aliphatic rings. The molecular formula is C69H42F3N9. The molecule has 0 aliphatic carbocycles. The minimum Gasteiger partial charge on any atom is -0.308 e. The van der Waals surface area contributed by atoms with Crippen LogP contribution in [0.25, 0.3) is 139 Å². The van der Waals surface area contributed by atoms with E-state index in [0.717, 1.165) is 83.6 Å². The maximum absolute atomic E-state index is 14.7. The number of alkyl halides is 3. The zero-order valence-electron chi connectivity index (χ0n) is 43.2. The lowest BCUT2D eigenvalue weighted by atomic mass is 9.97. The predicted octanol–water partition coefficient (Wildman–Crippen LogP) is 17.8. The van der Waals surface area contributed by atoms with E-state index in [2.05, 4.69) is 50.4 Å². The third kappa shape index (κ3) is 8.70. The second-order valence-corrected chi connectivity index (χ2v) is 19.8. The highest BCUT2D eigenvalue weighted by Gasteiger charge is 2.32. The number of nitrogens with zero attached hydrogens (tertiary/aromatic N) is 9. The predicted molar refractivity (Wildman–Crippen MR) is 316 cm³/mol. The molecule has 0 bridgehead atoms. The first-order valence-electron chi connectivity index (χ1n) is 26.2. The van der Waals surface area contributed by atoms with E-state index in [4.69, 9.17) is 36.5 Å². The third-order valence-corrected chi connectivity index (χ3v) is 14.7. The normalized spacial score (nSPS) is 11.7. The molecule has 0 saturated carbocycles. The Balaban J connectivity index is 1.07. The Bertz CT molecular complexity index is 4700. The molecule has 0 N–H and O–H groups in total. The second-order valence-electron chi connectivity index (χ2n) is 19.8. The van der Waals surface area contributed by atoms with Gasteiger partial charge < -0.3 is 9.13 Å². The number of hydrogen-bond donors (Lipinski definition) is 0. The Labute approximate surface area is 462 Å². The molecule has 81 heavy (non-hydrogen) atoms. The van der Waals surface area contributed by atoms with Crippen LogP contribution < -0.4 is 0 Å². The standard InChI is InChI=1S/C69H42F3N9/c1-42-35-49(37-50(36-42)69(70,71)72)55-40-61(80-57-29-17-15-27-51(57)53-33-31-47(38-59(53)80)67-76-63(43-19-7-3-8-20-43)74-64(77-67)44-21-9-4-10-22-44)62(41-56(55)73-2)81-58-30-18-16-28-52(58)54-34-32-48(39-60(54)81)68-78-65(45-23-11-5-12-24-45)75-66(79-68)46-25-13-6-14-26-46/h3-41H,1H3. The zero-order valence-corrected chi connectivity index (χ0v) is 43.2. The first-order chi connectivity index (χ1) is 39.6. The highest BCUT2D eigenvalue weighted by Crippen LogP contribution is 2.45. The highest BCUT2D eigenvalue weighted by atomic mass is 19.4. The maximum Gasteiger partial charge on any atom is 0.416 e. The summed E-state index contributed by atoms with van der Waals surface area (Å²) in [5, 5.41) is 3.71. The molecule has 0 fully saturated rings. The van der Waals surface area contributed by atoms with Gasteiger partial charge in [-0.3, -0.25) is 0 Å². The van der Waals surface area contributed by atoms with Crippen LogP contribution in [0.1, 0.15) is 11.1 Å². The van der Waals surface area contributed by atoms with Gasteiger partial charge in [-0.25, -0.2) is 34.7 Å². The summed E-state index contributed by atoms with van der Waals surface area (Å²) in [6.07, 6.45) is -4.64. The summed E-state index contributed by atoms with van der Waals surface area (Å²) < 4.78 is 48.5. The van der Waals surface area contributed by atoms with Gasteiger partial charge in [0.05, 0.1) is 45.6 Å². The summed E-state index contributed by atoms with van der Waals surface area (Å²) in [5.74, 6) is 2.95. The van der Waals surface area contributed by atoms with Gasteiger partial charge in [-0.2, -0.15) is 13.2 Å². The Kier molecular flexibility index (Phi) is 11.7. The summed E-state index contributed by atoms with van der Waals surface area (Å²) in [6, 6.07) is 75.3. The van der Waals surface area contributed by atoms with Crippen LogP contribution in [0.2, 0.25) is 0 Å². The minimum atomic E-state index is -4.64. The fraction of sp³-hybridized carbons (Fsp3) is 0.0290. The summed E-state index contributed by atoms with van der Waals surface area (Å²) in [6.45, 7) is 10.4. The average Bonchev–Trinajstić information content (AvgIpc) is 4.07. The molecule has 14 aromatic rings. The van der Waals surface area contributed by atoms with Crippen LogP contribution in [0.4, 0.5) is 18.9 Å². The van der Waals surface area contributed by atoms with Crippen LogP contribution in [-0.2, 0) is 6.18 Å².